The van der Waals surface area contributed by atoms with Gasteiger partial charge >= 0.3 is 0 Å². The van der Waals surface area contributed by atoms with Gasteiger partial charge < -0.3 is 15.4 Å². The minimum absolute atomic E-state index is 0.0505. The Bertz CT molecular complexity index is 932. The van der Waals surface area contributed by atoms with E-state index in [4.69, 9.17) is 17.0 Å². The maximum atomic E-state index is 11.1. The van der Waals surface area contributed by atoms with Gasteiger partial charge in [0, 0.05) is 6.07 Å². The van der Waals surface area contributed by atoms with Gasteiger partial charge in [0.2, 0.25) is 0 Å². The highest BCUT2D eigenvalue weighted by molar-refractivity contribution is 7.80. The van der Waals surface area contributed by atoms with Crippen LogP contribution in [0.4, 0.5) is 17.1 Å². The molecule has 26 heavy (non-hydrogen) atoms. The SMILES string of the molecule is O=[N+]([O-])c1ccccc1NC(=S)Nc1ccccc1Oc1ccccc1. The third kappa shape index (κ3) is 4.34. The number of hydrogen-bond donors (Lipinski definition) is 2. The van der Waals surface area contributed by atoms with Gasteiger partial charge in [-0.2, -0.15) is 0 Å². The molecule has 3 rings (SSSR count). The summed E-state index contributed by atoms with van der Waals surface area (Å²) in [7, 11) is 0. The van der Waals surface area contributed by atoms with Crippen molar-refractivity contribution >= 4 is 34.4 Å². The fraction of sp³-hybridized carbons (Fsp3) is 0. The second-order valence-corrected chi connectivity index (χ2v) is 5.67. The Balaban J connectivity index is 1.75. The van der Waals surface area contributed by atoms with Gasteiger partial charge in [0.25, 0.3) is 5.69 Å². The second kappa shape index (κ2) is 8.09. The Hall–Kier alpha value is -3.45. The van der Waals surface area contributed by atoms with E-state index in [-0.39, 0.29) is 10.8 Å². The monoisotopic (exact) mass is 365 g/mol. The van der Waals surface area contributed by atoms with Gasteiger partial charge in [0.15, 0.2) is 10.9 Å². The van der Waals surface area contributed by atoms with Crippen molar-refractivity contribution < 1.29 is 9.66 Å². The van der Waals surface area contributed by atoms with E-state index in [0.717, 1.165) is 0 Å². The summed E-state index contributed by atoms with van der Waals surface area (Å²) in [5, 5.41) is 17.2. The Morgan fingerprint density at radius 1 is 0.846 bits per heavy atom. The molecular formula is C19H15N3O3S. The fourth-order valence-electron chi connectivity index (χ4n) is 2.29. The number of nitro benzene ring substituents is 1. The first kappa shape index (κ1) is 17.4. The topological polar surface area (TPSA) is 76.4 Å². The highest BCUT2D eigenvalue weighted by Gasteiger charge is 2.14. The van der Waals surface area contributed by atoms with E-state index in [2.05, 4.69) is 10.6 Å². The molecule has 0 saturated carbocycles. The summed E-state index contributed by atoms with van der Waals surface area (Å²) < 4.78 is 5.86. The minimum atomic E-state index is -0.461. The number of ether oxygens (including phenoxy) is 1. The molecule has 0 heterocycles. The van der Waals surface area contributed by atoms with Gasteiger partial charge in [-0.05, 0) is 42.5 Å². The number of nitrogens with zero attached hydrogens (tertiary/aromatic N) is 1. The number of anilines is 2. The van der Waals surface area contributed by atoms with Crippen LogP contribution in [0.25, 0.3) is 0 Å². The highest BCUT2D eigenvalue weighted by Crippen LogP contribution is 2.29. The second-order valence-electron chi connectivity index (χ2n) is 5.26. The summed E-state index contributed by atoms with van der Waals surface area (Å²) in [4.78, 5) is 10.6. The molecule has 0 aliphatic heterocycles. The molecule has 6 nitrogen and oxygen atoms in total. The largest absolute Gasteiger partial charge is 0.455 e. The number of rotatable bonds is 5. The molecule has 0 unspecified atom stereocenters. The molecule has 3 aromatic rings. The van der Waals surface area contributed by atoms with Gasteiger partial charge in [-0.3, -0.25) is 10.1 Å². The summed E-state index contributed by atoms with van der Waals surface area (Å²) in [6.07, 6.45) is 0. The average molecular weight is 365 g/mol. The van der Waals surface area contributed by atoms with Crippen LogP contribution in [-0.4, -0.2) is 10.0 Å². The van der Waals surface area contributed by atoms with Crippen molar-refractivity contribution in [3.05, 3.63) is 89.0 Å². The highest BCUT2D eigenvalue weighted by atomic mass is 32.1. The fourth-order valence-corrected chi connectivity index (χ4v) is 2.51. The zero-order valence-corrected chi connectivity index (χ0v) is 14.4. The molecule has 7 heteroatoms. The van der Waals surface area contributed by atoms with Gasteiger partial charge in [-0.1, -0.05) is 42.5 Å². The van der Waals surface area contributed by atoms with Crippen molar-refractivity contribution in [3.63, 3.8) is 0 Å². The van der Waals surface area contributed by atoms with Crippen LogP contribution < -0.4 is 15.4 Å². The smallest absolute Gasteiger partial charge is 0.292 e. The number of benzene rings is 3. The lowest BCUT2D eigenvalue weighted by Crippen LogP contribution is -2.20. The first-order valence-electron chi connectivity index (χ1n) is 7.77. The van der Waals surface area contributed by atoms with E-state index in [9.17, 15) is 10.1 Å². The number of hydrogen-bond acceptors (Lipinski definition) is 4. The molecule has 0 fully saturated rings. The van der Waals surface area contributed by atoms with Crippen LogP contribution in [0, 0.1) is 10.1 Å². The molecule has 0 amide bonds. The van der Waals surface area contributed by atoms with Crippen molar-refractivity contribution in [3.8, 4) is 11.5 Å². The van der Waals surface area contributed by atoms with E-state index in [1.54, 1.807) is 18.2 Å². The van der Waals surface area contributed by atoms with Crippen LogP contribution in [0.5, 0.6) is 11.5 Å². The lowest BCUT2D eigenvalue weighted by molar-refractivity contribution is -0.383. The number of nitro groups is 1. The standard InChI is InChI=1S/C19H15N3O3S/c23-22(24)17-12-6-4-10-15(17)20-19(26)21-16-11-5-7-13-18(16)25-14-8-2-1-3-9-14/h1-13H,(H2,20,21,26). The van der Waals surface area contributed by atoms with Crippen molar-refractivity contribution in [1.82, 2.24) is 0 Å². The Labute approximate surface area is 155 Å². The molecule has 0 aliphatic carbocycles. The molecule has 0 atom stereocenters. The molecule has 0 aromatic heterocycles. The first-order valence-corrected chi connectivity index (χ1v) is 8.17. The van der Waals surface area contributed by atoms with E-state index in [1.165, 1.54) is 6.07 Å². The quantitative estimate of drug-likeness (QED) is 0.368. The predicted molar refractivity (Wildman–Crippen MR) is 106 cm³/mol. The molecule has 2 N–H and O–H groups in total. The number of thiocarbonyl (C=S) groups is 1. The zero-order valence-electron chi connectivity index (χ0n) is 13.6. The van der Waals surface area contributed by atoms with Crippen molar-refractivity contribution in [2.75, 3.05) is 10.6 Å². The maximum absolute atomic E-state index is 11.1. The lowest BCUT2D eigenvalue weighted by Gasteiger charge is -2.14. The third-order valence-electron chi connectivity index (χ3n) is 3.46. The van der Waals surface area contributed by atoms with E-state index < -0.39 is 4.92 Å². The number of nitrogens with one attached hydrogen (secondary N) is 2. The molecule has 0 spiro atoms. The molecule has 0 aliphatic rings. The first-order chi connectivity index (χ1) is 12.6. The van der Waals surface area contributed by atoms with Gasteiger partial charge in [0.1, 0.15) is 11.4 Å². The van der Waals surface area contributed by atoms with Crippen molar-refractivity contribution in [2.24, 2.45) is 0 Å². The Morgan fingerprint density at radius 3 is 2.15 bits per heavy atom. The van der Waals surface area contributed by atoms with Crippen LogP contribution in [0.2, 0.25) is 0 Å². The van der Waals surface area contributed by atoms with Gasteiger partial charge in [-0.25, -0.2) is 0 Å². The predicted octanol–water partition coefficient (Wildman–Crippen LogP) is 5.20. The summed E-state index contributed by atoms with van der Waals surface area (Å²) in [5.41, 5.74) is 0.911. The van der Waals surface area contributed by atoms with Gasteiger partial charge in [-0.15, -0.1) is 0 Å². The van der Waals surface area contributed by atoms with E-state index in [0.29, 0.717) is 22.9 Å². The molecule has 0 bridgehead atoms. The normalized spacial score (nSPS) is 10.0. The number of para-hydroxylation sites is 5. The summed E-state index contributed by atoms with van der Waals surface area (Å²) in [6, 6.07) is 23.0. The molecule has 0 radical (unpaired) electrons. The molecular weight excluding hydrogens is 350 g/mol. The van der Waals surface area contributed by atoms with Crippen LogP contribution in [0.15, 0.2) is 78.9 Å². The Kier molecular flexibility index (Phi) is 5.40. The van der Waals surface area contributed by atoms with Gasteiger partial charge in [0.05, 0.1) is 10.6 Å². The van der Waals surface area contributed by atoms with Crippen molar-refractivity contribution in [2.45, 2.75) is 0 Å². The summed E-state index contributed by atoms with van der Waals surface area (Å²) in [5.74, 6) is 1.28. The van der Waals surface area contributed by atoms with Crippen LogP contribution >= 0.6 is 12.2 Å². The molecule has 0 saturated heterocycles. The Morgan fingerprint density at radius 2 is 1.42 bits per heavy atom. The van der Waals surface area contributed by atoms with Crippen LogP contribution in [0.3, 0.4) is 0 Å². The zero-order chi connectivity index (χ0) is 18.4. The molecule has 130 valence electrons. The van der Waals surface area contributed by atoms with Crippen LogP contribution in [0.1, 0.15) is 0 Å². The minimum Gasteiger partial charge on any atom is -0.455 e. The summed E-state index contributed by atoms with van der Waals surface area (Å²) >= 11 is 5.29. The molecule has 3 aromatic carbocycles. The van der Waals surface area contributed by atoms with Crippen LogP contribution in [-0.2, 0) is 0 Å². The van der Waals surface area contributed by atoms with E-state index >= 15 is 0 Å². The van der Waals surface area contributed by atoms with E-state index in [1.807, 2.05) is 54.6 Å². The third-order valence-corrected chi connectivity index (χ3v) is 3.66. The summed E-state index contributed by atoms with van der Waals surface area (Å²) in [6.45, 7) is 0. The average Bonchev–Trinajstić information content (AvgIpc) is 2.64. The lowest BCUT2D eigenvalue weighted by atomic mass is 10.2. The van der Waals surface area contributed by atoms with Crippen molar-refractivity contribution in [1.29, 1.82) is 0 Å². The maximum Gasteiger partial charge on any atom is 0.292 e.